The molecule has 1 aromatic heterocycles. The number of nitrogens with one attached hydrogen (secondary N) is 1. The third kappa shape index (κ3) is 2.38. The van der Waals surface area contributed by atoms with Gasteiger partial charge in [-0.15, -0.1) is 0 Å². The molecule has 0 radical (unpaired) electrons. The average Bonchev–Trinajstić information content (AvgIpc) is 3.08. The monoisotopic (exact) mass is 256 g/mol. The van der Waals surface area contributed by atoms with Crippen LogP contribution < -0.4 is 4.90 Å². The van der Waals surface area contributed by atoms with Crippen molar-refractivity contribution in [3.05, 3.63) is 42.6 Å². The molecule has 0 aliphatic carbocycles. The van der Waals surface area contributed by atoms with E-state index in [1.807, 2.05) is 6.20 Å². The fraction of sp³-hybridized carbons (Fsp3) is 0.375. The van der Waals surface area contributed by atoms with E-state index in [-0.39, 0.29) is 0 Å². The van der Waals surface area contributed by atoms with Gasteiger partial charge in [-0.1, -0.05) is 30.3 Å². The zero-order valence-corrected chi connectivity index (χ0v) is 11.3. The van der Waals surface area contributed by atoms with Gasteiger partial charge in [-0.2, -0.15) is 0 Å². The number of benzene rings is 1. The fourth-order valence-electron chi connectivity index (χ4n) is 2.96. The molecule has 0 spiro atoms. The van der Waals surface area contributed by atoms with Crippen LogP contribution in [0.2, 0.25) is 0 Å². The number of rotatable bonds is 4. The molecule has 1 atom stereocenters. The Morgan fingerprint density at radius 1 is 1.26 bits per heavy atom. The Bertz CT molecular complexity index is 521. The SMILES string of the molecule is COC[C@@H]1CCCN1c1cc[nH]c1-c1ccccc1. The summed E-state index contributed by atoms with van der Waals surface area (Å²) in [5.74, 6) is 0. The van der Waals surface area contributed by atoms with Crippen molar-refractivity contribution in [2.75, 3.05) is 25.2 Å². The molecule has 1 fully saturated rings. The third-order valence-corrected chi connectivity index (χ3v) is 3.83. The number of hydrogen-bond donors (Lipinski definition) is 1. The van der Waals surface area contributed by atoms with Gasteiger partial charge in [0.25, 0.3) is 0 Å². The Morgan fingerprint density at radius 3 is 2.89 bits per heavy atom. The maximum Gasteiger partial charge on any atom is 0.0691 e. The van der Waals surface area contributed by atoms with Crippen LogP contribution in [0.15, 0.2) is 42.6 Å². The zero-order valence-electron chi connectivity index (χ0n) is 11.3. The molecule has 3 heteroatoms. The van der Waals surface area contributed by atoms with Crippen LogP contribution in [0.25, 0.3) is 11.3 Å². The number of methoxy groups -OCH3 is 1. The summed E-state index contributed by atoms with van der Waals surface area (Å²) in [6.07, 6.45) is 4.49. The van der Waals surface area contributed by atoms with E-state index in [4.69, 9.17) is 4.74 Å². The molecule has 0 saturated carbocycles. The number of aromatic amines is 1. The van der Waals surface area contributed by atoms with Gasteiger partial charge in [0.15, 0.2) is 0 Å². The third-order valence-electron chi connectivity index (χ3n) is 3.83. The molecule has 100 valence electrons. The van der Waals surface area contributed by atoms with Gasteiger partial charge in [0, 0.05) is 25.4 Å². The van der Waals surface area contributed by atoms with Gasteiger partial charge in [-0.25, -0.2) is 0 Å². The maximum atomic E-state index is 5.35. The van der Waals surface area contributed by atoms with Crippen molar-refractivity contribution in [3.8, 4) is 11.3 Å². The minimum Gasteiger partial charge on any atom is -0.383 e. The summed E-state index contributed by atoms with van der Waals surface area (Å²) in [4.78, 5) is 5.85. The Balaban J connectivity index is 1.92. The van der Waals surface area contributed by atoms with Gasteiger partial charge in [-0.3, -0.25) is 0 Å². The van der Waals surface area contributed by atoms with Crippen LogP contribution in [0.3, 0.4) is 0 Å². The summed E-state index contributed by atoms with van der Waals surface area (Å²) in [6, 6.07) is 13.2. The minimum atomic E-state index is 0.503. The highest BCUT2D eigenvalue weighted by Crippen LogP contribution is 2.34. The summed E-state index contributed by atoms with van der Waals surface area (Å²) in [7, 11) is 1.78. The zero-order chi connectivity index (χ0) is 13.1. The van der Waals surface area contributed by atoms with E-state index in [2.05, 4.69) is 46.3 Å². The molecule has 0 unspecified atom stereocenters. The Labute approximate surface area is 114 Å². The number of hydrogen-bond acceptors (Lipinski definition) is 2. The first-order chi connectivity index (χ1) is 9.40. The van der Waals surface area contributed by atoms with Crippen LogP contribution in [-0.4, -0.2) is 31.3 Å². The van der Waals surface area contributed by atoms with Crippen LogP contribution in [0, 0.1) is 0 Å². The molecule has 0 amide bonds. The molecular formula is C16H20N2O. The molecule has 1 aromatic carbocycles. The smallest absolute Gasteiger partial charge is 0.0691 e. The number of ether oxygens (including phenoxy) is 1. The van der Waals surface area contributed by atoms with Crippen molar-refractivity contribution in [1.29, 1.82) is 0 Å². The first kappa shape index (κ1) is 12.3. The summed E-state index contributed by atoms with van der Waals surface area (Å²) in [6.45, 7) is 1.92. The molecule has 1 saturated heterocycles. The second kappa shape index (κ2) is 5.49. The summed E-state index contributed by atoms with van der Waals surface area (Å²) in [5.41, 5.74) is 3.75. The topological polar surface area (TPSA) is 28.3 Å². The number of anilines is 1. The highest BCUT2D eigenvalue weighted by atomic mass is 16.5. The lowest BCUT2D eigenvalue weighted by Gasteiger charge is -2.26. The number of nitrogens with zero attached hydrogens (tertiary/aromatic N) is 1. The van der Waals surface area contributed by atoms with Gasteiger partial charge in [0.05, 0.1) is 24.0 Å². The Kier molecular flexibility index (Phi) is 3.56. The van der Waals surface area contributed by atoms with E-state index < -0.39 is 0 Å². The van der Waals surface area contributed by atoms with Gasteiger partial charge in [-0.05, 0) is 18.9 Å². The van der Waals surface area contributed by atoms with Crippen molar-refractivity contribution in [3.63, 3.8) is 0 Å². The van der Waals surface area contributed by atoms with Crippen LogP contribution in [0.5, 0.6) is 0 Å². The van der Waals surface area contributed by atoms with Crippen molar-refractivity contribution in [2.24, 2.45) is 0 Å². The summed E-state index contributed by atoms with van der Waals surface area (Å²) >= 11 is 0. The van der Waals surface area contributed by atoms with E-state index in [0.717, 1.165) is 13.2 Å². The highest BCUT2D eigenvalue weighted by Gasteiger charge is 2.26. The maximum absolute atomic E-state index is 5.35. The summed E-state index contributed by atoms with van der Waals surface area (Å²) < 4.78 is 5.35. The molecule has 1 aliphatic rings. The number of aromatic nitrogens is 1. The second-order valence-corrected chi connectivity index (χ2v) is 5.05. The molecule has 3 rings (SSSR count). The van der Waals surface area contributed by atoms with Gasteiger partial charge in [0.2, 0.25) is 0 Å². The van der Waals surface area contributed by atoms with E-state index in [0.29, 0.717) is 6.04 Å². The molecule has 0 bridgehead atoms. The first-order valence-electron chi connectivity index (χ1n) is 6.88. The Morgan fingerprint density at radius 2 is 2.11 bits per heavy atom. The molecule has 1 aliphatic heterocycles. The molecule has 3 nitrogen and oxygen atoms in total. The largest absolute Gasteiger partial charge is 0.383 e. The quantitative estimate of drug-likeness (QED) is 0.909. The van der Waals surface area contributed by atoms with Crippen molar-refractivity contribution >= 4 is 5.69 Å². The van der Waals surface area contributed by atoms with Crippen molar-refractivity contribution < 1.29 is 4.74 Å². The standard InChI is InChI=1S/C16H20N2O/c1-19-12-14-8-5-11-18(14)15-9-10-17-16(15)13-6-3-2-4-7-13/h2-4,6-7,9-10,14,17H,5,8,11-12H2,1H3/t14-/m0/s1. The predicted molar refractivity (Wildman–Crippen MR) is 78.5 cm³/mol. The number of H-pyrrole nitrogens is 1. The average molecular weight is 256 g/mol. The highest BCUT2D eigenvalue weighted by molar-refractivity contribution is 5.76. The van der Waals surface area contributed by atoms with E-state index >= 15 is 0 Å². The normalized spacial score (nSPS) is 19.0. The second-order valence-electron chi connectivity index (χ2n) is 5.05. The van der Waals surface area contributed by atoms with Crippen LogP contribution in [-0.2, 0) is 4.74 Å². The van der Waals surface area contributed by atoms with Crippen LogP contribution >= 0.6 is 0 Å². The Hall–Kier alpha value is -1.74. The van der Waals surface area contributed by atoms with Gasteiger partial charge < -0.3 is 14.6 Å². The van der Waals surface area contributed by atoms with Crippen molar-refractivity contribution in [1.82, 2.24) is 4.98 Å². The van der Waals surface area contributed by atoms with E-state index in [1.54, 1.807) is 7.11 Å². The van der Waals surface area contributed by atoms with E-state index in [9.17, 15) is 0 Å². The molecular weight excluding hydrogens is 236 g/mol. The lowest BCUT2D eigenvalue weighted by molar-refractivity contribution is 0.181. The van der Waals surface area contributed by atoms with Crippen LogP contribution in [0.1, 0.15) is 12.8 Å². The fourth-order valence-corrected chi connectivity index (χ4v) is 2.96. The predicted octanol–water partition coefficient (Wildman–Crippen LogP) is 3.30. The lowest BCUT2D eigenvalue weighted by Crippen LogP contribution is -2.32. The lowest BCUT2D eigenvalue weighted by atomic mass is 10.1. The summed E-state index contributed by atoms with van der Waals surface area (Å²) in [5, 5.41) is 0. The molecule has 1 N–H and O–H groups in total. The minimum absolute atomic E-state index is 0.503. The first-order valence-corrected chi connectivity index (χ1v) is 6.88. The molecule has 2 heterocycles. The van der Waals surface area contributed by atoms with E-state index in [1.165, 1.54) is 29.8 Å². The van der Waals surface area contributed by atoms with Crippen molar-refractivity contribution in [2.45, 2.75) is 18.9 Å². The molecule has 19 heavy (non-hydrogen) atoms. The van der Waals surface area contributed by atoms with Crippen LogP contribution in [0.4, 0.5) is 5.69 Å². The van der Waals surface area contributed by atoms with Gasteiger partial charge in [0.1, 0.15) is 0 Å². The molecule has 2 aromatic rings. The van der Waals surface area contributed by atoms with Gasteiger partial charge >= 0.3 is 0 Å².